The molecular formula is C14H19N3O4. The van der Waals surface area contributed by atoms with Crippen molar-refractivity contribution >= 4 is 17.5 Å². The lowest BCUT2D eigenvalue weighted by Gasteiger charge is -2.36. The molecule has 7 nitrogen and oxygen atoms in total. The molecule has 0 aromatic carbocycles. The first kappa shape index (κ1) is 15.2. The van der Waals surface area contributed by atoms with Gasteiger partial charge in [-0.25, -0.2) is 9.78 Å². The number of carboxylic acid groups (broad SMARTS) is 1. The molecule has 0 saturated heterocycles. The zero-order valence-electron chi connectivity index (χ0n) is 12.1. The van der Waals surface area contributed by atoms with Crippen molar-refractivity contribution in [3.63, 3.8) is 0 Å². The summed E-state index contributed by atoms with van der Waals surface area (Å²) in [6.07, 6.45) is 2.74. The predicted octanol–water partition coefficient (Wildman–Crippen LogP) is 2.74. The predicted molar refractivity (Wildman–Crippen MR) is 77.2 cm³/mol. The Morgan fingerprint density at radius 2 is 2.10 bits per heavy atom. The molecule has 0 spiro atoms. The summed E-state index contributed by atoms with van der Waals surface area (Å²) in [5.41, 5.74) is -0.820. The van der Waals surface area contributed by atoms with E-state index in [0.29, 0.717) is 24.6 Å². The molecule has 1 aromatic heterocycles. The van der Waals surface area contributed by atoms with E-state index in [-0.39, 0.29) is 11.4 Å². The number of aliphatic carboxylic acids is 1. The number of aromatic nitrogens is 1. The van der Waals surface area contributed by atoms with Crippen LogP contribution in [-0.2, 0) is 4.79 Å². The second kappa shape index (κ2) is 5.67. The maximum absolute atomic E-state index is 11.6. The molecule has 114 valence electrons. The SMILES string of the molecule is Cc1nc(NC2(C(=O)O)CCC(C)CC2)ccc1[N+](=O)[O-]. The van der Waals surface area contributed by atoms with Crippen LogP contribution in [-0.4, -0.2) is 26.5 Å². The molecule has 21 heavy (non-hydrogen) atoms. The third-order valence-corrected chi connectivity index (χ3v) is 4.16. The molecule has 1 aromatic rings. The van der Waals surface area contributed by atoms with E-state index >= 15 is 0 Å². The van der Waals surface area contributed by atoms with Crippen LogP contribution in [0.2, 0.25) is 0 Å². The van der Waals surface area contributed by atoms with Crippen molar-refractivity contribution in [1.82, 2.24) is 4.98 Å². The van der Waals surface area contributed by atoms with E-state index in [9.17, 15) is 20.0 Å². The van der Waals surface area contributed by atoms with Gasteiger partial charge >= 0.3 is 5.97 Å². The van der Waals surface area contributed by atoms with Crippen LogP contribution in [0.15, 0.2) is 12.1 Å². The molecule has 0 unspecified atom stereocenters. The summed E-state index contributed by atoms with van der Waals surface area (Å²) in [6.45, 7) is 3.65. The molecule has 0 amide bonds. The van der Waals surface area contributed by atoms with E-state index in [1.807, 2.05) is 0 Å². The maximum Gasteiger partial charge on any atom is 0.329 e. The number of carbonyl (C=O) groups is 1. The van der Waals surface area contributed by atoms with E-state index in [0.717, 1.165) is 12.8 Å². The lowest BCUT2D eigenvalue weighted by Crippen LogP contribution is -2.49. The van der Waals surface area contributed by atoms with Crippen LogP contribution in [0.3, 0.4) is 0 Å². The largest absolute Gasteiger partial charge is 0.480 e. The lowest BCUT2D eigenvalue weighted by atomic mass is 9.77. The average Bonchev–Trinajstić information content (AvgIpc) is 2.41. The number of carboxylic acids is 1. The Kier molecular flexibility index (Phi) is 4.11. The first-order valence-electron chi connectivity index (χ1n) is 6.98. The van der Waals surface area contributed by atoms with Crippen LogP contribution in [0, 0.1) is 23.0 Å². The second-order valence-corrected chi connectivity index (χ2v) is 5.75. The Morgan fingerprint density at radius 3 is 2.57 bits per heavy atom. The van der Waals surface area contributed by atoms with Gasteiger partial charge in [0.25, 0.3) is 5.69 Å². The van der Waals surface area contributed by atoms with Gasteiger partial charge in [0.15, 0.2) is 0 Å². The molecule has 0 bridgehead atoms. The minimum absolute atomic E-state index is 0.0674. The van der Waals surface area contributed by atoms with Crippen LogP contribution < -0.4 is 5.32 Å². The van der Waals surface area contributed by atoms with Gasteiger partial charge in [0.05, 0.1) is 4.92 Å². The summed E-state index contributed by atoms with van der Waals surface area (Å²) in [5.74, 6) is -0.00640. The van der Waals surface area contributed by atoms with Crippen molar-refractivity contribution in [2.24, 2.45) is 5.92 Å². The van der Waals surface area contributed by atoms with E-state index in [4.69, 9.17) is 0 Å². The number of anilines is 1. The minimum atomic E-state index is -1.03. The molecule has 0 radical (unpaired) electrons. The van der Waals surface area contributed by atoms with E-state index < -0.39 is 16.4 Å². The zero-order valence-corrected chi connectivity index (χ0v) is 12.1. The highest BCUT2D eigenvalue weighted by Crippen LogP contribution is 2.35. The highest BCUT2D eigenvalue weighted by atomic mass is 16.6. The van der Waals surface area contributed by atoms with Gasteiger partial charge in [0.2, 0.25) is 0 Å². The van der Waals surface area contributed by atoms with Crippen molar-refractivity contribution in [2.75, 3.05) is 5.32 Å². The topological polar surface area (TPSA) is 105 Å². The Labute approximate surface area is 122 Å². The van der Waals surface area contributed by atoms with Crippen molar-refractivity contribution in [2.45, 2.75) is 45.1 Å². The fourth-order valence-corrected chi connectivity index (χ4v) is 2.71. The molecule has 2 N–H and O–H groups in total. The summed E-state index contributed by atoms with van der Waals surface area (Å²) in [7, 11) is 0. The first-order valence-corrected chi connectivity index (χ1v) is 6.98. The number of aryl methyl sites for hydroxylation is 1. The molecule has 1 saturated carbocycles. The molecule has 7 heteroatoms. The van der Waals surface area contributed by atoms with E-state index in [2.05, 4.69) is 17.2 Å². The fourth-order valence-electron chi connectivity index (χ4n) is 2.71. The van der Waals surface area contributed by atoms with E-state index in [1.54, 1.807) is 6.92 Å². The quantitative estimate of drug-likeness (QED) is 0.653. The Hall–Kier alpha value is -2.18. The Morgan fingerprint density at radius 1 is 1.48 bits per heavy atom. The van der Waals surface area contributed by atoms with Gasteiger partial charge in [-0.2, -0.15) is 0 Å². The number of nitrogens with zero attached hydrogens (tertiary/aromatic N) is 2. The van der Waals surface area contributed by atoms with Crippen LogP contribution in [0.4, 0.5) is 11.5 Å². The first-order chi connectivity index (χ1) is 9.84. The molecule has 1 fully saturated rings. The van der Waals surface area contributed by atoms with Crippen molar-refractivity contribution in [3.8, 4) is 0 Å². The van der Waals surface area contributed by atoms with Crippen LogP contribution >= 0.6 is 0 Å². The molecule has 2 rings (SSSR count). The molecule has 1 aliphatic rings. The molecular weight excluding hydrogens is 274 g/mol. The van der Waals surface area contributed by atoms with Crippen LogP contribution in [0.25, 0.3) is 0 Å². The number of pyridine rings is 1. The lowest BCUT2D eigenvalue weighted by molar-refractivity contribution is -0.385. The molecule has 0 atom stereocenters. The third-order valence-electron chi connectivity index (χ3n) is 4.16. The molecule has 1 aliphatic carbocycles. The van der Waals surface area contributed by atoms with Crippen molar-refractivity contribution in [3.05, 3.63) is 27.9 Å². The monoisotopic (exact) mass is 293 g/mol. The number of rotatable bonds is 4. The van der Waals surface area contributed by atoms with Gasteiger partial charge < -0.3 is 10.4 Å². The molecule has 1 heterocycles. The standard InChI is InChI=1S/C14H19N3O4/c1-9-5-7-14(8-6-9,13(18)19)16-12-4-3-11(17(20)21)10(2)15-12/h3-4,9H,5-8H2,1-2H3,(H,15,16)(H,18,19). The summed E-state index contributed by atoms with van der Waals surface area (Å²) in [6, 6.07) is 2.82. The van der Waals surface area contributed by atoms with Gasteiger partial charge in [0, 0.05) is 6.07 Å². The number of nitrogens with one attached hydrogen (secondary N) is 1. The second-order valence-electron chi connectivity index (χ2n) is 5.75. The number of hydrogen-bond donors (Lipinski definition) is 2. The third kappa shape index (κ3) is 3.12. The van der Waals surface area contributed by atoms with Gasteiger partial charge in [-0.15, -0.1) is 0 Å². The van der Waals surface area contributed by atoms with Gasteiger partial charge in [-0.3, -0.25) is 10.1 Å². The van der Waals surface area contributed by atoms with Crippen molar-refractivity contribution < 1.29 is 14.8 Å². The highest BCUT2D eigenvalue weighted by Gasteiger charge is 2.41. The highest BCUT2D eigenvalue weighted by molar-refractivity contribution is 5.82. The maximum atomic E-state index is 11.6. The summed E-state index contributed by atoms with van der Waals surface area (Å²) < 4.78 is 0. The minimum Gasteiger partial charge on any atom is -0.480 e. The van der Waals surface area contributed by atoms with E-state index in [1.165, 1.54) is 12.1 Å². The van der Waals surface area contributed by atoms with Gasteiger partial charge in [-0.1, -0.05) is 6.92 Å². The Bertz CT molecular complexity index is 565. The zero-order chi connectivity index (χ0) is 15.6. The number of nitro groups is 1. The fraction of sp³-hybridized carbons (Fsp3) is 0.571. The average molecular weight is 293 g/mol. The number of hydrogen-bond acceptors (Lipinski definition) is 5. The normalized spacial score (nSPS) is 25.3. The van der Waals surface area contributed by atoms with Crippen LogP contribution in [0.1, 0.15) is 38.3 Å². The van der Waals surface area contributed by atoms with Crippen LogP contribution in [0.5, 0.6) is 0 Å². The smallest absolute Gasteiger partial charge is 0.329 e. The molecule has 0 aliphatic heterocycles. The summed E-state index contributed by atoms with van der Waals surface area (Å²) >= 11 is 0. The summed E-state index contributed by atoms with van der Waals surface area (Å²) in [4.78, 5) is 26.1. The van der Waals surface area contributed by atoms with Gasteiger partial charge in [-0.05, 0) is 44.6 Å². The summed E-state index contributed by atoms with van der Waals surface area (Å²) in [5, 5.41) is 23.3. The Balaban J connectivity index is 2.24. The van der Waals surface area contributed by atoms with Crippen molar-refractivity contribution in [1.29, 1.82) is 0 Å². The van der Waals surface area contributed by atoms with Gasteiger partial charge in [0.1, 0.15) is 17.1 Å².